The Morgan fingerprint density at radius 1 is 0.857 bits per heavy atom. The van der Waals surface area contributed by atoms with Gasteiger partial charge in [-0.05, 0) is 61.3 Å². The number of ether oxygens (including phenoxy) is 1. The molecule has 1 N–H and O–H groups in total. The predicted molar refractivity (Wildman–Crippen MR) is 121 cm³/mol. The van der Waals surface area contributed by atoms with Gasteiger partial charge in [0, 0.05) is 18.1 Å². The zero-order valence-corrected chi connectivity index (χ0v) is 18.3. The van der Waals surface area contributed by atoms with E-state index in [9.17, 15) is 0 Å². The number of hydrogen-bond acceptors (Lipinski definition) is 3. The lowest BCUT2D eigenvalue weighted by Crippen LogP contribution is -2.35. The third kappa shape index (κ3) is 7.46. The lowest BCUT2D eigenvalue weighted by atomic mass is 9.98. The highest BCUT2D eigenvalue weighted by atomic mass is 35.5. The molecular formula is C24H35ClN2O. The monoisotopic (exact) mass is 402 g/mol. The van der Waals surface area contributed by atoms with E-state index >= 15 is 0 Å². The summed E-state index contributed by atoms with van der Waals surface area (Å²) in [5, 5.41) is 4.53. The van der Waals surface area contributed by atoms with E-state index in [2.05, 4.69) is 48.3 Å². The Balaban J connectivity index is 2.07. The summed E-state index contributed by atoms with van der Waals surface area (Å²) in [6, 6.07) is 16.6. The Labute approximate surface area is 176 Å². The Kier molecular flexibility index (Phi) is 10.4. The molecule has 4 heteroatoms. The van der Waals surface area contributed by atoms with Crippen LogP contribution in [-0.2, 0) is 0 Å². The molecule has 2 aromatic rings. The van der Waals surface area contributed by atoms with Crippen LogP contribution in [0.2, 0.25) is 5.02 Å². The summed E-state index contributed by atoms with van der Waals surface area (Å²) in [4.78, 5) is 2.59. The van der Waals surface area contributed by atoms with Crippen LogP contribution in [0.3, 0.4) is 0 Å². The van der Waals surface area contributed by atoms with E-state index in [0.29, 0.717) is 0 Å². The summed E-state index contributed by atoms with van der Waals surface area (Å²) in [6.07, 6.45) is 5.02. The van der Waals surface area contributed by atoms with Crippen LogP contribution >= 0.6 is 11.6 Å². The molecule has 1 unspecified atom stereocenters. The van der Waals surface area contributed by atoms with Gasteiger partial charge in [0.05, 0.1) is 13.2 Å². The molecule has 0 radical (unpaired) electrons. The van der Waals surface area contributed by atoms with Crippen LogP contribution in [-0.4, -0.2) is 38.2 Å². The first-order chi connectivity index (χ1) is 13.7. The number of hydrogen-bond donors (Lipinski definition) is 1. The fourth-order valence-electron chi connectivity index (χ4n) is 3.35. The minimum Gasteiger partial charge on any atom is -0.497 e. The molecule has 0 bridgehead atoms. The number of methoxy groups -OCH3 is 1. The summed E-state index contributed by atoms with van der Waals surface area (Å²) in [5.41, 5.74) is 2.46. The summed E-state index contributed by atoms with van der Waals surface area (Å²) in [7, 11) is 1.70. The molecule has 154 valence electrons. The summed E-state index contributed by atoms with van der Waals surface area (Å²) in [6.45, 7) is 8.92. The highest BCUT2D eigenvalue weighted by Gasteiger charge is 2.14. The van der Waals surface area contributed by atoms with Gasteiger partial charge in [-0.15, -0.1) is 0 Å². The molecule has 0 fully saturated rings. The van der Waals surface area contributed by atoms with Crippen molar-refractivity contribution in [2.24, 2.45) is 0 Å². The topological polar surface area (TPSA) is 24.5 Å². The van der Waals surface area contributed by atoms with Crippen LogP contribution < -0.4 is 10.1 Å². The normalized spacial score (nSPS) is 12.3. The van der Waals surface area contributed by atoms with Gasteiger partial charge in [0.2, 0.25) is 0 Å². The molecule has 1 atom stereocenters. The van der Waals surface area contributed by atoms with Crippen molar-refractivity contribution >= 4 is 11.6 Å². The zero-order chi connectivity index (χ0) is 20.2. The van der Waals surface area contributed by atoms with Gasteiger partial charge < -0.3 is 15.0 Å². The molecule has 2 rings (SSSR count). The third-order valence-corrected chi connectivity index (χ3v) is 5.34. The molecule has 0 saturated carbocycles. The Bertz CT molecular complexity index is 649. The molecule has 0 aliphatic rings. The maximum atomic E-state index is 6.10. The van der Waals surface area contributed by atoms with Crippen molar-refractivity contribution < 1.29 is 4.74 Å². The van der Waals surface area contributed by atoms with Gasteiger partial charge in [0.1, 0.15) is 5.75 Å². The van der Waals surface area contributed by atoms with E-state index < -0.39 is 0 Å². The van der Waals surface area contributed by atoms with Crippen LogP contribution in [0.1, 0.15) is 56.7 Å². The van der Waals surface area contributed by atoms with Gasteiger partial charge in [0.25, 0.3) is 0 Å². The smallest absolute Gasteiger partial charge is 0.118 e. The van der Waals surface area contributed by atoms with E-state index in [1.807, 2.05) is 24.3 Å². The van der Waals surface area contributed by atoms with E-state index in [-0.39, 0.29) is 6.04 Å². The van der Waals surface area contributed by atoms with Crippen LogP contribution in [0.5, 0.6) is 5.75 Å². The molecule has 0 amide bonds. The SMILES string of the molecule is CCCCN(CCCC)CCNC(c1ccc(Cl)cc1)c1ccc(OC)cc1. The number of unbranched alkanes of at least 4 members (excludes halogenated alkanes) is 2. The maximum absolute atomic E-state index is 6.10. The van der Waals surface area contributed by atoms with Gasteiger partial charge >= 0.3 is 0 Å². The standard InChI is InChI=1S/C24H35ClN2O/c1-4-6-17-27(18-7-5-2)19-16-26-24(20-8-12-22(25)13-9-20)21-10-14-23(28-3)15-11-21/h8-15,24,26H,4-7,16-19H2,1-3H3. The van der Waals surface area contributed by atoms with Gasteiger partial charge in [-0.1, -0.05) is 62.6 Å². The average molecular weight is 403 g/mol. The molecule has 28 heavy (non-hydrogen) atoms. The predicted octanol–water partition coefficient (Wildman–Crippen LogP) is 5.93. The van der Waals surface area contributed by atoms with E-state index in [1.54, 1.807) is 7.11 Å². The number of halogens is 1. The van der Waals surface area contributed by atoms with Crippen molar-refractivity contribution in [1.29, 1.82) is 0 Å². The first kappa shape index (κ1) is 22.7. The molecule has 0 saturated heterocycles. The Morgan fingerprint density at radius 3 is 1.89 bits per heavy atom. The minimum absolute atomic E-state index is 0.141. The van der Waals surface area contributed by atoms with E-state index in [0.717, 1.165) is 23.9 Å². The van der Waals surface area contributed by atoms with Crippen molar-refractivity contribution in [1.82, 2.24) is 10.2 Å². The minimum atomic E-state index is 0.141. The van der Waals surface area contributed by atoms with E-state index in [4.69, 9.17) is 16.3 Å². The van der Waals surface area contributed by atoms with Crippen LogP contribution in [0.15, 0.2) is 48.5 Å². The second kappa shape index (κ2) is 12.8. The summed E-state index contributed by atoms with van der Waals surface area (Å²) in [5.74, 6) is 0.879. The Morgan fingerprint density at radius 2 is 1.39 bits per heavy atom. The van der Waals surface area contributed by atoms with Crippen molar-refractivity contribution in [2.75, 3.05) is 33.3 Å². The van der Waals surface area contributed by atoms with Gasteiger partial charge in [-0.2, -0.15) is 0 Å². The van der Waals surface area contributed by atoms with Gasteiger partial charge in [-0.3, -0.25) is 0 Å². The Hall–Kier alpha value is -1.55. The fourth-order valence-corrected chi connectivity index (χ4v) is 3.47. The number of nitrogens with one attached hydrogen (secondary N) is 1. The largest absolute Gasteiger partial charge is 0.497 e. The summed E-state index contributed by atoms with van der Waals surface area (Å²) >= 11 is 6.10. The molecular weight excluding hydrogens is 368 g/mol. The lowest BCUT2D eigenvalue weighted by molar-refractivity contribution is 0.262. The third-order valence-electron chi connectivity index (χ3n) is 5.08. The molecule has 0 heterocycles. The first-order valence-electron chi connectivity index (χ1n) is 10.5. The van der Waals surface area contributed by atoms with Crippen molar-refractivity contribution in [3.05, 3.63) is 64.7 Å². The molecule has 0 aromatic heterocycles. The number of nitrogens with zero attached hydrogens (tertiary/aromatic N) is 1. The molecule has 3 nitrogen and oxygen atoms in total. The first-order valence-corrected chi connectivity index (χ1v) is 10.9. The van der Waals surface area contributed by atoms with Gasteiger partial charge in [0.15, 0.2) is 0 Å². The second-order valence-corrected chi connectivity index (χ2v) is 7.70. The highest BCUT2D eigenvalue weighted by Crippen LogP contribution is 2.25. The second-order valence-electron chi connectivity index (χ2n) is 7.26. The highest BCUT2D eigenvalue weighted by molar-refractivity contribution is 6.30. The number of benzene rings is 2. The van der Waals surface area contributed by atoms with E-state index in [1.165, 1.54) is 49.9 Å². The van der Waals surface area contributed by atoms with Crippen LogP contribution in [0.25, 0.3) is 0 Å². The quantitative estimate of drug-likeness (QED) is 0.449. The maximum Gasteiger partial charge on any atom is 0.118 e. The fraction of sp³-hybridized carbons (Fsp3) is 0.500. The molecule has 0 spiro atoms. The van der Waals surface area contributed by atoms with Crippen molar-refractivity contribution in [3.63, 3.8) is 0 Å². The number of rotatable bonds is 13. The molecule has 0 aliphatic heterocycles. The van der Waals surface area contributed by atoms with Crippen LogP contribution in [0, 0.1) is 0 Å². The zero-order valence-electron chi connectivity index (χ0n) is 17.6. The van der Waals surface area contributed by atoms with Crippen molar-refractivity contribution in [3.8, 4) is 5.75 Å². The average Bonchev–Trinajstić information content (AvgIpc) is 2.73. The molecule has 2 aromatic carbocycles. The summed E-state index contributed by atoms with van der Waals surface area (Å²) < 4.78 is 5.31. The van der Waals surface area contributed by atoms with Crippen LogP contribution in [0.4, 0.5) is 0 Å². The molecule has 0 aliphatic carbocycles. The van der Waals surface area contributed by atoms with Crippen molar-refractivity contribution in [2.45, 2.75) is 45.6 Å². The lowest BCUT2D eigenvalue weighted by Gasteiger charge is -2.25. The van der Waals surface area contributed by atoms with Gasteiger partial charge in [-0.25, -0.2) is 0 Å².